The van der Waals surface area contributed by atoms with Gasteiger partial charge in [0, 0.05) is 41.0 Å². The molecule has 0 radical (unpaired) electrons. The summed E-state index contributed by atoms with van der Waals surface area (Å²) in [5.74, 6) is -0.249. The van der Waals surface area contributed by atoms with Gasteiger partial charge in [0.25, 0.3) is 0 Å². The van der Waals surface area contributed by atoms with E-state index in [4.69, 9.17) is 0 Å². The molecule has 42 heavy (non-hydrogen) atoms. The number of aliphatic carboxylic acids is 1. The molecule has 7 rings (SSSR count). The molecular weight excluding hydrogens is 520 g/mol. The standard InChI is InChI=1S/C37H38N2O3/c1-37(2)34(38(21-20-35(41)42)33-18-14-26-6-3-4-7-28(26)36(33)37)19-13-24-12-17-32-30(22-24)29-8-5-9-31(29)39(32)27-15-10-25(23-40)11-16-27/h3-4,6-7,10-19,22,29,31,34,40H,5,8-9,20-21,23H2,1-2H3,(H,41,42)/b19-13+. The maximum Gasteiger partial charge on any atom is 0.305 e. The number of rotatable bonds is 7. The van der Waals surface area contributed by atoms with Crippen molar-refractivity contribution in [2.45, 2.75) is 69.6 Å². The fourth-order valence-corrected chi connectivity index (χ4v) is 7.96. The third-order valence-electron chi connectivity index (χ3n) is 9.89. The van der Waals surface area contributed by atoms with E-state index in [-0.39, 0.29) is 24.5 Å². The Morgan fingerprint density at radius 1 is 0.976 bits per heavy atom. The molecule has 0 spiro atoms. The molecule has 1 saturated carbocycles. The van der Waals surface area contributed by atoms with E-state index in [1.54, 1.807) is 0 Å². The lowest BCUT2D eigenvalue weighted by Crippen LogP contribution is -2.41. The van der Waals surface area contributed by atoms with E-state index in [9.17, 15) is 15.0 Å². The van der Waals surface area contributed by atoms with Crippen molar-refractivity contribution < 1.29 is 15.0 Å². The van der Waals surface area contributed by atoms with Gasteiger partial charge in [0.05, 0.1) is 19.1 Å². The van der Waals surface area contributed by atoms with Gasteiger partial charge < -0.3 is 20.0 Å². The first-order valence-electron chi connectivity index (χ1n) is 15.2. The second kappa shape index (κ2) is 10.3. The van der Waals surface area contributed by atoms with Crippen molar-refractivity contribution in [1.29, 1.82) is 0 Å². The lowest BCUT2D eigenvalue weighted by atomic mass is 9.78. The van der Waals surface area contributed by atoms with Gasteiger partial charge in [-0.05, 0) is 76.2 Å². The summed E-state index contributed by atoms with van der Waals surface area (Å²) in [6.45, 7) is 5.11. The van der Waals surface area contributed by atoms with E-state index in [1.165, 1.54) is 58.1 Å². The van der Waals surface area contributed by atoms with Crippen LogP contribution in [0.1, 0.15) is 67.7 Å². The Morgan fingerprint density at radius 3 is 2.55 bits per heavy atom. The lowest BCUT2D eigenvalue weighted by Gasteiger charge is -2.32. The van der Waals surface area contributed by atoms with Crippen molar-refractivity contribution in [3.8, 4) is 0 Å². The summed E-state index contributed by atoms with van der Waals surface area (Å²) in [7, 11) is 0. The van der Waals surface area contributed by atoms with Crippen molar-refractivity contribution in [3.05, 3.63) is 107 Å². The van der Waals surface area contributed by atoms with E-state index >= 15 is 0 Å². The lowest BCUT2D eigenvalue weighted by molar-refractivity contribution is -0.136. The minimum absolute atomic E-state index is 0.0340. The third-order valence-corrected chi connectivity index (χ3v) is 9.89. The highest BCUT2D eigenvalue weighted by Gasteiger charge is 2.45. The van der Waals surface area contributed by atoms with Crippen LogP contribution in [-0.2, 0) is 16.8 Å². The average Bonchev–Trinajstić information content (AvgIpc) is 3.65. The topological polar surface area (TPSA) is 64.0 Å². The Labute approximate surface area is 247 Å². The number of fused-ring (bicyclic) bond motifs is 6. The highest BCUT2D eigenvalue weighted by molar-refractivity contribution is 5.93. The van der Waals surface area contributed by atoms with Crippen LogP contribution < -0.4 is 9.80 Å². The first-order chi connectivity index (χ1) is 20.4. The Hall–Kier alpha value is -4.09. The second-order valence-electron chi connectivity index (χ2n) is 12.7. The Balaban J connectivity index is 1.24. The molecule has 2 N–H and O–H groups in total. The molecule has 2 aliphatic heterocycles. The molecule has 4 aromatic rings. The van der Waals surface area contributed by atoms with Crippen molar-refractivity contribution >= 4 is 39.9 Å². The van der Waals surface area contributed by atoms with Crippen LogP contribution in [0.25, 0.3) is 16.8 Å². The highest BCUT2D eigenvalue weighted by Crippen LogP contribution is 2.53. The minimum Gasteiger partial charge on any atom is -0.481 e. The summed E-state index contributed by atoms with van der Waals surface area (Å²) in [5.41, 5.74) is 8.27. The number of carbonyl (C=O) groups is 1. The maximum atomic E-state index is 11.6. The summed E-state index contributed by atoms with van der Waals surface area (Å²) >= 11 is 0. The van der Waals surface area contributed by atoms with E-state index < -0.39 is 5.97 Å². The van der Waals surface area contributed by atoms with Crippen LogP contribution in [0, 0.1) is 0 Å². The quantitative estimate of drug-likeness (QED) is 0.243. The Kier molecular flexibility index (Phi) is 6.58. The number of carboxylic acids is 1. The van der Waals surface area contributed by atoms with E-state index in [1.807, 2.05) is 12.1 Å². The van der Waals surface area contributed by atoms with Crippen LogP contribution in [0.2, 0.25) is 0 Å². The molecule has 0 saturated heterocycles. The molecule has 2 heterocycles. The molecule has 3 atom stereocenters. The SMILES string of the molecule is CC1(C)c2c(ccc3ccccc23)N(CCC(=O)O)C1/C=C/c1ccc2c(c1)C1CCCC1N2c1ccc(CO)cc1. The number of hydrogen-bond donors (Lipinski definition) is 2. The van der Waals surface area contributed by atoms with E-state index in [2.05, 4.69) is 103 Å². The maximum absolute atomic E-state index is 11.6. The van der Waals surface area contributed by atoms with Crippen molar-refractivity contribution in [1.82, 2.24) is 0 Å². The molecule has 214 valence electrons. The third kappa shape index (κ3) is 4.30. The number of aliphatic hydroxyl groups excluding tert-OH is 1. The van der Waals surface area contributed by atoms with Crippen LogP contribution in [0.3, 0.4) is 0 Å². The summed E-state index contributed by atoms with van der Waals surface area (Å²) in [6, 6.07) is 28.5. The predicted octanol–water partition coefficient (Wildman–Crippen LogP) is 7.77. The smallest absolute Gasteiger partial charge is 0.305 e. The molecule has 3 aliphatic rings. The number of carboxylic acid groups (broad SMARTS) is 1. The van der Waals surface area contributed by atoms with Gasteiger partial charge in [0.15, 0.2) is 0 Å². The summed E-state index contributed by atoms with van der Waals surface area (Å²) in [4.78, 5) is 16.4. The van der Waals surface area contributed by atoms with E-state index in [0.29, 0.717) is 18.5 Å². The zero-order valence-electron chi connectivity index (χ0n) is 24.3. The van der Waals surface area contributed by atoms with Crippen LogP contribution in [0.15, 0.2) is 84.9 Å². The van der Waals surface area contributed by atoms with Gasteiger partial charge in [-0.2, -0.15) is 0 Å². The number of benzene rings is 4. The monoisotopic (exact) mass is 558 g/mol. The molecule has 5 heteroatoms. The number of aliphatic hydroxyl groups is 1. The summed E-state index contributed by atoms with van der Waals surface area (Å²) in [5, 5.41) is 21.5. The Morgan fingerprint density at radius 2 is 1.76 bits per heavy atom. The van der Waals surface area contributed by atoms with Crippen LogP contribution in [0.4, 0.5) is 17.1 Å². The fourth-order valence-electron chi connectivity index (χ4n) is 7.96. The van der Waals surface area contributed by atoms with Crippen LogP contribution in [0.5, 0.6) is 0 Å². The zero-order chi connectivity index (χ0) is 29.0. The van der Waals surface area contributed by atoms with Crippen LogP contribution in [-0.4, -0.2) is 34.8 Å². The van der Waals surface area contributed by atoms with Gasteiger partial charge >= 0.3 is 5.97 Å². The van der Waals surface area contributed by atoms with Gasteiger partial charge in [-0.1, -0.05) is 81.0 Å². The first kappa shape index (κ1) is 26.8. The molecule has 0 aromatic heterocycles. The van der Waals surface area contributed by atoms with Crippen LogP contribution >= 0.6 is 0 Å². The molecule has 0 amide bonds. The summed E-state index contributed by atoms with van der Waals surface area (Å²) < 4.78 is 0. The highest BCUT2D eigenvalue weighted by atomic mass is 16.4. The fraction of sp³-hybridized carbons (Fsp3) is 0.324. The molecule has 1 fully saturated rings. The average molecular weight is 559 g/mol. The van der Waals surface area contributed by atoms with Crippen molar-refractivity contribution in [3.63, 3.8) is 0 Å². The van der Waals surface area contributed by atoms with Gasteiger partial charge in [0.1, 0.15) is 0 Å². The molecule has 0 bridgehead atoms. The predicted molar refractivity (Wildman–Crippen MR) is 171 cm³/mol. The molecule has 5 nitrogen and oxygen atoms in total. The van der Waals surface area contributed by atoms with Gasteiger partial charge in [-0.3, -0.25) is 4.79 Å². The van der Waals surface area contributed by atoms with Gasteiger partial charge in [0.2, 0.25) is 0 Å². The molecule has 1 aliphatic carbocycles. The molecule has 3 unspecified atom stereocenters. The Bertz CT molecular complexity index is 1690. The molecular formula is C37H38N2O3. The summed E-state index contributed by atoms with van der Waals surface area (Å²) in [6.07, 6.45) is 8.27. The van der Waals surface area contributed by atoms with Gasteiger partial charge in [-0.25, -0.2) is 0 Å². The number of hydrogen-bond acceptors (Lipinski definition) is 4. The number of nitrogens with zero attached hydrogens (tertiary/aromatic N) is 2. The first-order valence-corrected chi connectivity index (χ1v) is 15.2. The minimum atomic E-state index is -0.773. The number of anilines is 3. The zero-order valence-corrected chi connectivity index (χ0v) is 24.3. The van der Waals surface area contributed by atoms with Crippen molar-refractivity contribution in [2.75, 3.05) is 16.3 Å². The second-order valence-corrected chi connectivity index (χ2v) is 12.7. The molecule has 4 aromatic carbocycles. The largest absolute Gasteiger partial charge is 0.481 e. The normalized spacial score (nSPS) is 22.1. The van der Waals surface area contributed by atoms with E-state index in [0.717, 1.165) is 11.3 Å². The van der Waals surface area contributed by atoms with Gasteiger partial charge in [-0.15, -0.1) is 0 Å². The van der Waals surface area contributed by atoms with Crippen molar-refractivity contribution in [2.24, 2.45) is 0 Å².